The van der Waals surface area contributed by atoms with E-state index < -0.39 is 0 Å². The van der Waals surface area contributed by atoms with Gasteiger partial charge < -0.3 is 4.90 Å². The maximum Gasteiger partial charge on any atom is 0.223 e. The number of nitrogens with zero attached hydrogens (tertiary/aromatic N) is 2. The molecule has 2 rings (SSSR count). The molecule has 0 aromatic carbocycles. The number of likely N-dealkylation sites (tertiary alicyclic amines) is 1. The summed E-state index contributed by atoms with van der Waals surface area (Å²) < 4.78 is 0. The van der Waals surface area contributed by atoms with E-state index in [2.05, 4.69) is 11.6 Å². The Bertz CT molecular complexity index is 375. The minimum atomic E-state index is 0.244. The van der Waals surface area contributed by atoms with Crippen LogP contribution in [-0.4, -0.2) is 28.9 Å². The molecule has 0 radical (unpaired) electrons. The van der Waals surface area contributed by atoms with Gasteiger partial charge in [0, 0.05) is 37.8 Å². The van der Waals surface area contributed by atoms with Crippen molar-refractivity contribution in [1.29, 1.82) is 0 Å². The molecule has 3 heteroatoms. The van der Waals surface area contributed by atoms with E-state index in [1.165, 1.54) is 5.56 Å². The number of rotatable bonds is 4. The maximum absolute atomic E-state index is 11.6. The molecule has 3 nitrogen and oxygen atoms in total. The van der Waals surface area contributed by atoms with E-state index in [1.807, 2.05) is 29.3 Å². The van der Waals surface area contributed by atoms with Crippen molar-refractivity contribution in [2.75, 3.05) is 13.1 Å². The largest absolute Gasteiger partial charge is 0.342 e. The fourth-order valence-corrected chi connectivity index (χ4v) is 1.99. The van der Waals surface area contributed by atoms with Crippen molar-refractivity contribution in [2.45, 2.75) is 12.8 Å². The van der Waals surface area contributed by atoms with Crippen LogP contribution in [0.4, 0.5) is 0 Å². The van der Waals surface area contributed by atoms with Crippen molar-refractivity contribution in [1.82, 2.24) is 9.88 Å². The Labute approximate surface area is 95.8 Å². The molecule has 1 aliphatic rings. The Kier molecular flexibility index (Phi) is 3.34. The van der Waals surface area contributed by atoms with Gasteiger partial charge in [-0.05, 0) is 18.1 Å². The van der Waals surface area contributed by atoms with E-state index in [4.69, 9.17) is 0 Å². The maximum atomic E-state index is 11.6. The van der Waals surface area contributed by atoms with E-state index in [0.29, 0.717) is 12.3 Å². The molecule has 1 aromatic rings. The topological polar surface area (TPSA) is 33.2 Å². The van der Waals surface area contributed by atoms with Gasteiger partial charge in [-0.1, -0.05) is 12.1 Å². The SMILES string of the molecule is C=CC1CC(=O)N(CCc2cccnc2)C1. The molecule has 1 atom stereocenters. The van der Waals surface area contributed by atoms with E-state index in [0.717, 1.165) is 19.5 Å². The second-order valence-corrected chi connectivity index (χ2v) is 4.15. The van der Waals surface area contributed by atoms with Crippen molar-refractivity contribution in [3.8, 4) is 0 Å². The first-order valence-electron chi connectivity index (χ1n) is 5.59. The minimum Gasteiger partial charge on any atom is -0.342 e. The van der Waals surface area contributed by atoms with Gasteiger partial charge in [-0.25, -0.2) is 0 Å². The molecule has 1 aliphatic heterocycles. The van der Waals surface area contributed by atoms with Crippen molar-refractivity contribution >= 4 is 5.91 Å². The van der Waals surface area contributed by atoms with Gasteiger partial charge in [-0.3, -0.25) is 9.78 Å². The highest BCUT2D eigenvalue weighted by molar-refractivity contribution is 5.78. The predicted octanol–water partition coefficient (Wildman–Crippen LogP) is 1.66. The molecule has 0 bridgehead atoms. The molecule has 1 fully saturated rings. The highest BCUT2D eigenvalue weighted by Crippen LogP contribution is 2.18. The first kappa shape index (κ1) is 10.9. The summed E-state index contributed by atoms with van der Waals surface area (Å²) in [5.41, 5.74) is 1.18. The van der Waals surface area contributed by atoms with Crippen molar-refractivity contribution < 1.29 is 4.79 Å². The quantitative estimate of drug-likeness (QED) is 0.717. The van der Waals surface area contributed by atoms with Crippen LogP contribution in [0.1, 0.15) is 12.0 Å². The molecule has 1 saturated heterocycles. The van der Waals surface area contributed by atoms with Crippen LogP contribution in [0, 0.1) is 5.92 Å². The van der Waals surface area contributed by atoms with Gasteiger partial charge in [0.15, 0.2) is 0 Å². The molecule has 1 amide bonds. The molecule has 0 N–H and O–H groups in total. The van der Waals surface area contributed by atoms with Gasteiger partial charge in [0.05, 0.1) is 0 Å². The summed E-state index contributed by atoms with van der Waals surface area (Å²) in [5.74, 6) is 0.579. The molecule has 1 unspecified atom stereocenters. The van der Waals surface area contributed by atoms with Gasteiger partial charge >= 0.3 is 0 Å². The van der Waals surface area contributed by atoms with Crippen LogP contribution in [0.25, 0.3) is 0 Å². The average molecular weight is 216 g/mol. The molecular weight excluding hydrogens is 200 g/mol. The Morgan fingerprint density at radius 2 is 2.50 bits per heavy atom. The molecule has 84 valence electrons. The Morgan fingerprint density at radius 1 is 1.62 bits per heavy atom. The number of aromatic nitrogens is 1. The predicted molar refractivity (Wildman–Crippen MR) is 62.8 cm³/mol. The Hall–Kier alpha value is -1.64. The zero-order valence-electron chi connectivity index (χ0n) is 9.30. The molecule has 16 heavy (non-hydrogen) atoms. The van der Waals surface area contributed by atoms with Gasteiger partial charge in [-0.2, -0.15) is 0 Å². The van der Waals surface area contributed by atoms with Gasteiger partial charge in [0.2, 0.25) is 5.91 Å². The Balaban J connectivity index is 1.87. The molecule has 1 aromatic heterocycles. The minimum absolute atomic E-state index is 0.244. The van der Waals surface area contributed by atoms with Crippen molar-refractivity contribution in [3.63, 3.8) is 0 Å². The van der Waals surface area contributed by atoms with E-state index >= 15 is 0 Å². The third kappa shape index (κ3) is 2.48. The summed E-state index contributed by atoms with van der Waals surface area (Å²) in [5, 5.41) is 0. The number of pyridine rings is 1. The second-order valence-electron chi connectivity index (χ2n) is 4.15. The lowest BCUT2D eigenvalue weighted by Gasteiger charge is -2.15. The number of hydrogen-bond donors (Lipinski definition) is 0. The summed E-state index contributed by atoms with van der Waals surface area (Å²) in [6.45, 7) is 5.35. The standard InChI is InChI=1S/C13H16N2O/c1-2-11-8-13(16)15(10-11)7-5-12-4-3-6-14-9-12/h2-4,6,9,11H,1,5,7-8,10H2. The normalized spacial score (nSPS) is 20.1. The fraction of sp³-hybridized carbons (Fsp3) is 0.385. The second kappa shape index (κ2) is 4.92. The number of hydrogen-bond acceptors (Lipinski definition) is 2. The third-order valence-electron chi connectivity index (χ3n) is 2.97. The Morgan fingerprint density at radius 3 is 3.12 bits per heavy atom. The lowest BCUT2D eigenvalue weighted by molar-refractivity contribution is -0.127. The summed E-state index contributed by atoms with van der Waals surface area (Å²) in [7, 11) is 0. The molecule has 0 saturated carbocycles. The van der Waals surface area contributed by atoms with E-state index in [1.54, 1.807) is 6.20 Å². The first-order valence-corrected chi connectivity index (χ1v) is 5.59. The highest BCUT2D eigenvalue weighted by atomic mass is 16.2. The summed E-state index contributed by atoms with van der Waals surface area (Å²) in [6.07, 6.45) is 6.99. The number of carbonyl (C=O) groups is 1. The van der Waals surface area contributed by atoms with Crippen LogP contribution in [0.2, 0.25) is 0 Å². The summed E-state index contributed by atoms with van der Waals surface area (Å²) in [4.78, 5) is 17.6. The zero-order valence-corrected chi connectivity index (χ0v) is 9.30. The lowest BCUT2D eigenvalue weighted by atomic mass is 10.1. The van der Waals surface area contributed by atoms with Gasteiger partial charge in [0.25, 0.3) is 0 Å². The summed E-state index contributed by atoms with van der Waals surface area (Å²) in [6, 6.07) is 3.96. The van der Waals surface area contributed by atoms with E-state index in [-0.39, 0.29) is 5.91 Å². The monoisotopic (exact) mass is 216 g/mol. The third-order valence-corrected chi connectivity index (χ3v) is 2.97. The van der Waals surface area contributed by atoms with Gasteiger partial charge in [0.1, 0.15) is 0 Å². The number of carbonyl (C=O) groups excluding carboxylic acids is 1. The molecule has 0 aliphatic carbocycles. The van der Waals surface area contributed by atoms with Crippen LogP contribution in [0.15, 0.2) is 37.2 Å². The van der Waals surface area contributed by atoms with Crippen LogP contribution in [-0.2, 0) is 11.2 Å². The van der Waals surface area contributed by atoms with Crippen LogP contribution in [0.3, 0.4) is 0 Å². The fourth-order valence-electron chi connectivity index (χ4n) is 1.99. The van der Waals surface area contributed by atoms with Crippen LogP contribution >= 0.6 is 0 Å². The van der Waals surface area contributed by atoms with Crippen molar-refractivity contribution in [2.24, 2.45) is 5.92 Å². The van der Waals surface area contributed by atoms with Crippen LogP contribution < -0.4 is 0 Å². The van der Waals surface area contributed by atoms with E-state index in [9.17, 15) is 4.79 Å². The number of amides is 1. The van der Waals surface area contributed by atoms with Crippen molar-refractivity contribution in [3.05, 3.63) is 42.7 Å². The average Bonchev–Trinajstić information content (AvgIpc) is 2.69. The highest BCUT2D eigenvalue weighted by Gasteiger charge is 2.26. The summed E-state index contributed by atoms with van der Waals surface area (Å²) >= 11 is 0. The van der Waals surface area contributed by atoms with Gasteiger partial charge in [-0.15, -0.1) is 6.58 Å². The lowest BCUT2D eigenvalue weighted by Crippen LogP contribution is -2.27. The first-order chi connectivity index (χ1) is 7.79. The molecular formula is C13H16N2O. The van der Waals surface area contributed by atoms with Crippen LogP contribution in [0.5, 0.6) is 0 Å². The zero-order chi connectivity index (χ0) is 11.4. The molecule has 2 heterocycles. The smallest absolute Gasteiger partial charge is 0.223 e. The molecule has 0 spiro atoms.